The number of carbonyl (C=O) groups is 1. The summed E-state index contributed by atoms with van der Waals surface area (Å²) in [4.78, 5) is 13.8. The second-order valence-corrected chi connectivity index (χ2v) is 5.35. The molecule has 2 N–H and O–H groups in total. The molecule has 0 atom stereocenters. The Labute approximate surface area is 154 Å². The van der Waals surface area contributed by atoms with Gasteiger partial charge in [-0.05, 0) is 56.8 Å². The number of rotatable bonds is 9. The van der Waals surface area contributed by atoms with Gasteiger partial charge in [0.2, 0.25) is 0 Å². The van der Waals surface area contributed by atoms with Crippen molar-refractivity contribution in [3.05, 3.63) is 23.8 Å². The molecule has 138 valence electrons. The fourth-order valence-electron chi connectivity index (χ4n) is 2.02. The van der Waals surface area contributed by atoms with Crippen LogP contribution < -0.4 is 20.2 Å². The fraction of sp³-hybridized carbons (Fsp3) is 0.471. The highest BCUT2D eigenvalue weighted by atomic mass is 32.1. The average molecular weight is 366 g/mol. The lowest BCUT2D eigenvalue weighted by Crippen LogP contribution is -2.34. The molecule has 0 bridgehead atoms. The summed E-state index contributed by atoms with van der Waals surface area (Å²) < 4.78 is 11.2. The molecule has 0 aromatic heterocycles. The van der Waals surface area contributed by atoms with Gasteiger partial charge in [0.15, 0.2) is 23.2 Å². The highest BCUT2D eigenvalue weighted by Gasteiger charge is 2.12. The molecule has 0 fully saturated rings. The quantitative estimate of drug-likeness (QED) is 0.394. The van der Waals surface area contributed by atoms with Crippen molar-refractivity contribution in [3.63, 3.8) is 0 Å². The van der Waals surface area contributed by atoms with Crippen LogP contribution in [0.4, 0.5) is 0 Å². The molecule has 0 saturated heterocycles. The van der Waals surface area contributed by atoms with Gasteiger partial charge in [0, 0.05) is 20.1 Å². The van der Waals surface area contributed by atoms with Gasteiger partial charge in [0.25, 0.3) is 5.91 Å². The van der Waals surface area contributed by atoms with Crippen LogP contribution >= 0.6 is 12.2 Å². The minimum Gasteiger partial charge on any atom is -0.490 e. The van der Waals surface area contributed by atoms with Crippen LogP contribution in [-0.4, -0.2) is 55.5 Å². The molecule has 1 amide bonds. The van der Waals surface area contributed by atoms with Crippen LogP contribution in [-0.2, 0) is 4.79 Å². The fourth-order valence-corrected chi connectivity index (χ4v) is 2.07. The Morgan fingerprint density at radius 2 is 1.96 bits per heavy atom. The van der Waals surface area contributed by atoms with E-state index in [-0.39, 0.29) is 12.5 Å². The summed E-state index contributed by atoms with van der Waals surface area (Å²) in [5, 5.41) is 7.22. The van der Waals surface area contributed by atoms with Gasteiger partial charge in [0.05, 0.1) is 12.8 Å². The minimum absolute atomic E-state index is 0.0206. The first-order chi connectivity index (χ1) is 12.0. The molecule has 0 spiro atoms. The second-order valence-electron chi connectivity index (χ2n) is 4.94. The van der Waals surface area contributed by atoms with Crippen molar-refractivity contribution in [3.8, 4) is 11.5 Å². The summed E-state index contributed by atoms with van der Waals surface area (Å²) in [7, 11) is 1.71. The maximum Gasteiger partial charge on any atom is 0.260 e. The van der Waals surface area contributed by atoms with E-state index in [1.807, 2.05) is 26.8 Å². The van der Waals surface area contributed by atoms with E-state index in [0.29, 0.717) is 36.3 Å². The highest BCUT2D eigenvalue weighted by Crippen LogP contribution is 2.28. The van der Waals surface area contributed by atoms with Crippen LogP contribution in [0, 0.1) is 0 Å². The number of nitrogens with zero attached hydrogens (tertiary/aromatic N) is 2. The third-order valence-corrected chi connectivity index (χ3v) is 3.64. The first-order valence-corrected chi connectivity index (χ1v) is 8.64. The smallest absolute Gasteiger partial charge is 0.260 e. The third-order valence-electron chi connectivity index (χ3n) is 3.34. The van der Waals surface area contributed by atoms with Crippen LogP contribution in [0.3, 0.4) is 0 Å². The van der Waals surface area contributed by atoms with Gasteiger partial charge in [-0.2, -0.15) is 5.10 Å². The maximum atomic E-state index is 12.1. The summed E-state index contributed by atoms with van der Waals surface area (Å²) >= 11 is 4.94. The van der Waals surface area contributed by atoms with Gasteiger partial charge in [0.1, 0.15) is 0 Å². The molecular formula is C17H26N4O3S. The largest absolute Gasteiger partial charge is 0.490 e. The van der Waals surface area contributed by atoms with Crippen molar-refractivity contribution < 1.29 is 14.3 Å². The molecule has 0 radical (unpaired) electrons. The predicted octanol–water partition coefficient (Wildman–Crippen LogP) is 1.76. The number of ether oxygens (including phenoxy) is 2. The topological polar surface area (TPSA) is 75.2 Å². The Morgan fingerprint density at radius 3 is 2.56 bits per heavy atom. The zero-order valence-electron chi connectivity index (χ0n) is 15.2. The SMILES string of the molecule is CCOc1cc(/C=N/NC(=S)NC)ccc1OCC(=O)N(CC)CC. The molecular weight excluding hydrogens is 340 g/mol. The van der Waals surface area contributed by atoms with E-state index in [0.717, 1.165) is 5.56 Å². The molecule has 25 heavy (non-hydrogen) atoms. The maximum absolute atomic E-state index is 12.1. The number of hydrazone groups is 1. The van der Waals surface area contributed by atoms with Crippen molar-refractivity contribution in [1.29, 1.82) is 0 Å². The van der Waals surface area contributed by atoms with Gasteiger partial charge in [-0.1, -0.05) is 0 Å². The summed E-state index contributed by atoms with van der Waals surface area (Å²) in [5.41, 5.74) is 3.50. The van der Waals surface area contributed by atoms with Gasteiger partial charge in [-0.15, -0.1) is 0 Å². The number of amides is 1. The molecule has 0 heterocycles. The predicted molar refractivity (Wildman–Crippen MR) is 103 cm³/mol. The Balaban J connectivity index is 2.79. The van der Waals surface area contributed by atoms with Crippen LogP contribution in [0.1, 0.15) is 26.3 Å². The van der Waals surface area contributed by atoms with Crippen molar-refractivity contribution in [2.24, 2.45) is 5.10 Å². The van der Waals surface area contributed by atoms with E-state index in [2.05, 4.69) is 15.8 Å². The molecule has 1 aromatic rings. The molecule has 7 nitrogen and oxygen atoms in total. The average Bonchev–Trinajstić information content (AvgIpc) is 2.62. The van der Waals surface area contributed by atoms with E-state index in [1.54, 1.807) is 30.3 Å². The lowest BCUT2D eigenvalue weighted by Gasteiger charge is -2.19. The molecule has 0 unspecified atom stereocenters. The van der Waals surface area contributed by atoms with E-state index in [1.165, 1.54) is 0 Å². The summed E-state index contributed by atoms with van der Waals surface area (Å²) in [6.07, 6.45) is 1.62. The monoisotopic (exact) mass is 366 g/mol. The molecule has 0 aliphatic carbocycles. The summed E-state index contributed by atoms with van der Waals surface area (Å²) in [6.45, 7) is 7.56. The Hall–Kier alpha value is -2.35. The first kappa shape index (κ1) is 20.7. The van der Waals surface area contributed by atoms with Crippen molar-refractivity contribution in [2.45, 2.75) is 20.8 Å². The lowest BCUT2D eigenvalue weighted by atomic mass is 10.2. The molecule has 8 heteroatoms. The van der Waals surface area contributed by atoms with Gasteiger partial charge in [-0.25, -0.2) is 0 Å². The Morgan fingerprint density at radius 1 is 1.24 bits per heavy atom. The number of nitrogens with one attached hydrogen (secondary N) is 2. The normalized spacial score (nSPS) is 10.4. The van der Waals surface area contributed by atoms with Crippen molar-refractivity contribution in [2.75, 3.05) is 33.4 Å². The number of likely N-dealkylation sites (N-methyl/N-ethyl adjacent to an activating group) is 1. The minimum atomic E-state index is -0.0529. The van der Waals surface area contributed by atoms with E-state index < -0.39 is 0 Å². The zero-order valence-corrected chi connectivity index (χ0v) is 16.0. The van der Waals surface area contributed by atoms with Crippen molar-refractivity contribution in [1.82, 2.24) is 15.6 Å². The van der Waals surface area contributed by atoms with Gasteiger partial charge in [-0.3, -0.25) is 10.2 Å². The number of benzene rings is 1. The summed E-state index contributed by atoms with van der Waals surface area (Å²) in [5.74, 6) is 1.04. The van der Waals surface area contributed by atoms with E-state index in [9.17, 15) is 4.79 Å². The van der Waals surface area contributed by atoms with Crippen LogP contribution in [0.15, 0.2) is 23.3 Å². The van der Waals surface area contributed by atoms with Crippen molar-refractivity contribution >= 4 is 29.5 Å². The Bertz CT molecular complexity index is 604. The van der Waals surface area contributed by atoms with Gasteiger partial charge < -0.3 is 19.7 Å². The van der Waals surface area contributed by atoms with E-state index in [4.69, 9.17) is 21.7 Å². The zero-order chi connectivity index (χ0) is 18.7. The second kappa shape index (κ2) is 11.2. The van der Waals surface area contributed by atoms with Crippen LogP contribution in [0.5, 0.6) is 11.5 Å². The molecule has 1 aromatic carbocycles. The highest BCUT2D eigenvalue weighted by molar-refractivity contribution is 7.80. The third kappa shape index (κ3) is 6.96. The van der Waals surface area contributed by atoms with Crippen LogP contribution in [0.25, 0.3) is 0 Å². The standard InChI is InChI=1S/C17H26N4O3S/c1-5-21(6-2)16(22)12-24-14-9-8-13(10-15(14)23-7-3)11-19-20-17(25)18-4/h8-11H,5-7,12H2,1-4H3,(H2,18,20,25)/b19-11+. The number of carbonyl (C=O) groups excluding carboxylic acids is 1. The molecule has 0 aliphatic heterocycles. The Kier molecular flexibility index (Phi) is 9.31. The summed E-state index contributed by atoms with van der Waals surface area (Å²) in [6, 6.07) is 5.39. The van der Waals surface area contributed by atoms with Gasteiger partial charge >= 0.3 is 0 Å². The van der Waals surface area contributed by atoms with Crippen LogP contribution in [0.2, 0.25) is 0 Å². The molecule has 0 saturated carbocycles. The van der Waals surface area contributed by atoms with E-state index >= 15 is 0 Å². The number of thiocarbonyl (C=S) groups is 1. The number of hydrogen-bond acceptors (Lipinski definition) is 5. The number of hydrogen-bond donors (Lipinski definition) is 2. The molecule has 0 aliphatic rings. The lowest BCUT2D eigenvalue weighted by molar-refractivity contribution is -0.132. The first-order valence-electron chi connectivity index (χ1n) is 8.23. The molecule has 1 rings (SSSR count).